The van der Waals surface area contributed by atoms with E-state index in [4.69, 9.17) is 9.47 Å². The summed E-state index contributed by atoms with van der Waals surface area (Å²) in [5.41, 5.74) is 5.09. The Labute approximate surface area is 205 Å². The summed E-state index contributed by atoms with van der Waals surface area (Å²) in [5, 5.41) is 13.3. The number of hydrogen-bond donors (Lipinski definition) is 2. The van der Waals surface area contributed by atoms with E-state index in [-0.39, 0.29) is 23.9 Å². The average molecular weight is 477 g/mol. The molecule has 184 valence electrons. The zero-order chi connectivity index (χ0) is 25.1. The lowest BCUT2D eigenvalue weighted by atomic mass is 9.95. The molecule has 7 nitrogen and oxygen atoms in total. The molecule has 0 radical (unpaired) electrons. The van der Waals surface area contributed by atoms with E-state index in [0.717, 1.165) is 39.3 Å². The largest absolute Gasteiger partial charge is 0.507 e. The van der Waals surface area contributed by atoms with E-state index >= 15 is 0 Å². The minimum absolute atomic E-state index is 0.0988. The van der Waals surface area contributed by atoms with Gasteiger partial charge in [-0.1, -0.05) is 30.3 Å². The van der Waals surface area contributed by atoms with Crippen LogP contribution in [0.2, 0.25) is 0 Å². The molecule has 0 bridgehead atoms. The second kappa shape index (κ2) is 10.3. The van der Waals surface area contributed by atoms with Gasteiger partial charge in [0, 0.05) is 37.3 Å². The van der Waals surface area contributed by atoms with E-state index in [9.17, 15) is 14.7 Å². The fraction of sp³-hybridized carbons (Fsp3) is 0.357. The first-order valence-electron chi connectivity index (χ1n) is 11.9. The minimum Gasteiger partial charge on any atom is -0.507 e. The summed E-state index contributed by atoms with van der Waals surface area (Å²) < 4.78 is 13.8. The first-order chi connectivity index (χ1) is 16.8. The lowest BCUT2D eigenvalue weighted by molar-refractivity contribution is -0.122. The standard InChI is InChI=1S/C28H32N2O5/c1-17-18(2)27-23(19(3)26(17)33)14-22(35-27)15-25(32)29-11-13-30-12-10-24(31)28(20(30)4)34-16-21-8-6-5-7-9-21/h5-10,12,22,33H,11,13-16H2,1-4H3,(H,29,32). The number of fused-ring (bicyclic) bond motifs is 1. The highest BCUT2D eigenvalue weighted by Crippen LogP contribution is 2.42. The predicted octanol–water partition coefficient (Wildman–Crippen LogP) is 3.88. The molecule has 4 rings (SSSR count). The van der Waals surface area contributed by atoms with E-state index in [1.165, 1.54) is 6.07 Å². The van der Waals surface area contributed by atoms with Crippen molar-refractivity contribution in [3.05, 3.63) is 86.3 Å². The molecule has 1 aliphatic rings. The lowest BCUT2D eigenvalue weighted by Crippen LogP contribution is -2.32. The molecule has 0 aliphatic carbocycles. The predicted molar refractivity (Wildman–Crippen MR) is 134 cm³/mol. The molecule has 1 unspecified atom stereocenters. The third kappa shape index (κ3) is 5.19. The Morgan fingerprint density at radius 3 is 2.60 bits per heavy atom. The normalized spacial score (nSPS) is 14.3. The van der Waals surface area contributed by atoms with E-state index < -0.39 is 0 Å². The van der Waals surface area contributed by atoms with E-state index in [0.29, 0.717) is 37.6 Å². The van der Waals surface area contributed by atoms with Crippen LogP contribution in [0, 0.1) is 27.7 Å². The summed E-state index contributed by atoms with van der Waals surface area (Å²) in [7, 11) is 0. The number of phenols is 1. The average Bonchev–Trinajstić information content (AvgIpc) is 3.27. The smallest absolute Gasteiger partial charge is 0.223 e. The van der Waals surface area contributed by atoms with Gasteiger partial charge in [0.2, 0.25) is 11.3 Å². The molecule has 1 amide bonds. The van der Waals surface area contributed by atoms with Gasteiger partial charge in [-0.3, -0.25) is 9.59 Å². The van der Waals surface area contributed by atoms with Crippen molar-refractivity contribution < 1.29 is 19.4 Å². The molecule has 1 aromatic heterocycles. The number of carbonyl (C=O) groups excluding carboxylic acids is 1. The van der Waals surface area contributed by atoms with Crippen molar-refractivity contribution in [2.45, 2.75) is 59.8 Å². The Bertz CT molecular complexity index is 1260. The third-order valence-electron chi connectivity index (χ3n) is 6.76. The van der Waals surface area contributed by atoms with Gasteiger partial charge < -0.3 is 24.5 Å². The number of benzene rings is 2. The Kier molecular flexibility index (Phi) is 7.15. The van der Waals surface area contributed by atoms with Crippen LogP contribution in [0.1, 0.15) is 39.9 Å². The third-order valence-corrected chi connectivity index (χ3v) is 6.76. The molecule has 0 spiro atoms. The van der Waals surface area contributed by atoms with Crippen molar-refractivity contribution in [1.82, 2.24) is 9.88 Å². The first kappa shape index (κ1) is 24.4. The minimum atomic E-state index is -0.254. The summed E-state index contributed by atoms with van der Waals surface area (Å²) in [6.45, 7) is 8.78. The SMILES string of the molecule is Cc1c(C)c2c(c(C)c1O)CC(CC(=O)NCCn1ccc(=O)c(OCc3ccccc3)c1C)O2. The van der Waals surface area contributed by atoms with Crippen molar-refractivity contribution in [2.24, 2.45) is 0 Å². The second-order valence-electron chi connectivity index (χ2n) is 9.09. The summed E-state index contributed by atoms with van der Waals surface area (Å²) in [6, 6.07) is 11.2. The Morgan fingerprint density at radius 2 is 1.86 bits per heavy atom. The summed E-state index contributed by atoms with van der Waals surface area (Å²) in [6.07, 6.45) is 2.30. The van der Waals surface area contributed by atoms with Crippen molar-refractivity contribution >= 4 is 5.91 Å². The maximum atomic E-state index is 12.6. The Balaban J connectivity index is 1.31. The number of hydrogen-bond acceptors (Lipinski definition) is 5. The van der Waals surface area contributed by atoms with Gasteiger partial charge in [0.05, 0.1) is 12.1 Å². The Hall–Kier alpha value is -3.74. The van der Waals surface area contributed by atoms with Crippen LogP contribution in [-0.4, -0.2) is 28.2 Å². The van der Waals surface area contributed by atoms with E-state index in [1.54, 1.807) is 6.20 Å². The van der Waals surface area contributed by atoms with Gasteiger partial charge in [-0.05, 0) is 49.9 Å². The van der Waals surface area contributed by atoms with Gasteiger partial charge in [-0.25, -0.2) is 0 Å². The molecule has 2 N–H and O–H groups in total. The number of carbonyl (C=O) groups is 1. The topological polar surface area (TPSA) is 89.8 Å². The number of aromatic hydroxyl groups is 1. The van der Waals surface area contributed by atoms with Gasteiger partial charge in [0.1, 0.15) is 24.2 Å². The molecule has 35 heavy (non-hydrogen) atoms. The molecular formula is C28H32N2O5. The maximum absolute atomic E-state index is 12.6. The highest BCUT2D eigenvalue weighted by atomic mass is 16.5. The molecule has 0 fully saturated rings. The summed E-state index contributed by atoms with van der Waals surface area (Å²) in [5.74, 6) is 1.32. The first-order valence-corrected chi connectivity index (χ1v) is 11.9. The van der Waals surface area contributed by atoms with Crippen LogP contribution in [0.4, 0.5) is 0 Å². The van der Waals surface area contributed by atoms with Crippen molar-refractivity contribution in [3.8, 4) is 17.2 Å². The number of ether oxygens (including phenoxy) is 2. The zero-order valence-electron chi connectivity index (χ0n) is 20.7. The maximum Gasteiger partial charge on any atom is 0.223 e. The van der Waals surface area contributed by atoms with Gasteiger partial charge >= 0.3 is 0 Å². The lowest BCUT2D eigenvalue weighted by Gasteiger charge is -2.16. The summed E-state index contributed by atoms with van der Waals surface area (Å²) in [4.78, 5) is 24.9. The monoisotopic (exact) mass is 476 g/mol. The summed E-state index contributed by atoms with van der Waals surface area (Å²) >= 11 is 0. The highest BCUT2D eigenvalue weighted by molar-refractivity contribution is 5.76. The van der Waals surface area contributed by atoms with Crippen LogP contribution in [0.3, 0.4) is 0 Å². The zero-order valence-corrected chi connectivity index (χ0v) is 20.7. The number of phenolic OH excluding ortho intramolecular Hbond substituents is 1. The van der Waals surface area contributed by atoms with Crippen molar-refractivity contribution in [1.29, 1.82) is 0 Å². The van der Waals surface area contributed by atoms with Crippen LogP contribution >= 0.6 is 0 Å². The molecule has 3 aromatic rings. The molecular weight excluding hydrogens is 444 g/mol. The fourth-order valence-corrected chi connectivity index (χ4v) is 4.52. The molecule has 1 aliphatic heterocycles. The van der Waals surface area contributed by atoms with Crippen LogP contribution in [-0.2, 0) is 24.4 Å². The van der Waals surface area contributed by atoms with Crippen LogP contribution < -0.4 is 20.2 Å². The van der Waals surface area contributed by atoms with Crippen molar-refractivity contribution in [3.63, 3.8) is 0 Å². The molecule has 7 heteroatoms. The molecule has 2 heterocycles. The van der Waals surface area contributed by atoms with Gasteiger partial charge in [0.25, 0.3) is 0 Å². The highest BCUT2D eigenvalue weighted by Gasteiger charge is 2.30. The molecule has 0 saturated heterocycles. The van der Waals surface area contributed by atoms with Crippen LogP contribution in [0.15, 0.2) is 47.4 Å². The number of pyridine rings is 1. The van der Waals surface area contributed by atoms with Gasteiger partial charge in [-0.2, -0.15) is 0 Å². The fourth-order valence-electron chi connectivity index (χ4n) is 4.52. The number of nitrogens with one attached hydrogen (secondary N) is 1. The van der Waals surface area contributed by atoms with E-state index in [2.05, 4.69) is 5.32 Å². The molecule has 1 atom stereocenters. The number of amides is 1. The number of nitrogens with zero attached hydrogens (tertiary/aromatic N) is 1. The van der Waals surface area contributed by atoms with Gasteiger partial charge in [-0.15, -0.1) is 0 Å². The Morgan fingerprint density at radius 1 is 1.11 bits per heavy atom. The number of aromatic nitrogens is 1. The van der Waals surface area contributed by atoms with Gasteiger partial charge in [0.15, 0.2) is 5.75 Å². The van der Waals surface area contributed by atoms with Crippen LogP contribution in [0.5, 0.6) is 17.2 Å². The van der Waals surface area contributed by atoms with Crippen LogP contribution in [0.25, 0.3) is 0 Å². The van der Waals surface area contributed by atoms with E-state index in [1.807, 2.05) is 62.6 Å². The van der Waals surface area contributed by atoms with Crippen molar-refractivity contribution in [2.75, 3.05) is 6.54 Å². The molecule has 0 saturated carbocycles. The quantitative estimate of drug-likeness (QED) is 0.515. The molecule has 2 aromatic carbocycles. The number of rotatable bonds is 8. The second-order valence-corrected chi connectivity index (χ2v) is 9.09.